The van der Waals surface area contributed by atoms with Gasteiger partial charge >= 0.3 is 0 Å². The van der Waals surface area contributed by atoms with Crippen molar-refractivity contribution in [3.8, 4) is 0 Å². The van der Waals surface area contributed by atoms with Crippen LogP contribution in [0.25, 0.3) is 11.6 Å². The molecule has 1 aromatic rings. The molecule has 1 aromatic heterocycles. The maximum atomic E-state index is 5.70. The Morgan fingerprint density at radius 1 is 1.33 bits per heavy atom. The van der Waals surface area contributed by atoms with Gasteiger partial charge in [-0.15, -0.1) is 0 Å². The van der Waals surface area contributed by atoms with E-state index in [2.05, 4.69) is 11.6 Å². The second kappa shape index (κ2) is 2.41. The van der Waals surface area contributed by atoms with Gasteiger partial charge in [-0.3, -0.25) is 10.4 Å². The smallest absolute Gasteiger partial charge is 0.204 e. The molecule has 12 heavy (non-hydrogen) atoms. The predicted octanol–water partition coefficient (Wildman–Crippen LogP) is 0.322. The van der Waals surface area contributed by atoms with E-state index >= 15 is 0 Å². The highest BCUT2D eigenvalue weighted by atomic mass is 14.7. The summed E-state index contributed by atoms with van der Waals surface area (Å²) >= 11 is 0. The van der Waals surface area contributed by atoms with E-state index in [4.69, 9.17) is 5.41 Å². The average molecular weight is 157 g/mol. The molecule has 0 bridgehead atoms. The van der Waals surface area contributed by atoms with Crippen LogP contribution in [-0.2, 0) is 0 Å². The number of rotatable bonds is 0. The molecule has 0 radical (unpaired) electrons. The van der Waals surface area contributed by atoms with Crippen molar-refractivity contribution >= 4 is 17.4 Å². The molecule has 0 aliphatic heterocycles. The largest absolute Gasteiger partial charge is 0.256 e. The van der Waals surface area contributed by atoms with E-state index < -0.39 is 0 Å². The van der Waals surface area contributed by atoms with Crippen LogP contribution in [0.1, 0.15) is 11.3 Å². The molecule has 2 heteroatoms. The molecule has 58 valence electrons. The van der Waals surface area contributed by atoms with E-state index in [0.717, 1.165) is 22.5 Å². The Hall–Kier alpha value is -1.70. The standard InChI is InChI=1S/C10H8N2/c1-7-8-3-2-6-12-10(8)5-4-9(7)11/h2-6,11H,1H2/p+1. The van der Waals surface area contributed by atoms with Gasteiger partial charge in [-0.25, -0.2) is 0 Å². The lowest BCUT2D eigenvalue weighted by atomic mass is 9.96. The van der Waals surface area contributed by atoms with Gasteiger partial charge in [0, 0.05) is 23.4 Å². The molecular formula is C10H9N2+. The summed E-state index contributed by atoms with van der Waals surface area (Å²) in [5.41, 5.74) is 3.55. The minimum Gasteiger partial charge on any atom is -0.256 e. The van der Waals surface area contributed by atoms with Crippen molar-refractivity contribution in [2.75, 3.05) is 0 Å². The third-order valence-corrected chi connectivity index (χ3v) is 1.93. The molecule has 0 fully saturated rings. The van der Waals surface area contributed by atoms with E-state index in [-0.39, 0.29) is 0 Å². The summed E-state index contributed by atoms with van der Waals surface area (Å²) in [6.07, 6.45) is 5.50. The number of nitrogens with zero attached hydrogens (tertiary/aromatic N) is 1. The molecule has 0 spiro atoms. The molecular weight excluding hydrogens is 148 g/mol. The van der Waals surface area contributed by atoms with Gasteiger partial charge in [0.05, 0.1) is 5.69 Å². The molecule has 0 atom stereocenters. The Kier molecular flexibility index (Phi) is 1.40. The van der Waals surface area contributed by atoms with Crippen LogP contribution < -0.4 is 5.41 Å². The highest BCUT2D eigenvalue weighted by Crippen LogP contribution is 2.21. The van der Waals surface area contributed by atoms with Crippen molar-refractivity contribution in [1.82, 2.24) is 4.98 Å². The summed E-state index contributed by atoms with van der Waals surface area (Å²) in [6.45, 7) is 3.88. The minimum atomic E-state index is 0.718. The zero-order chi connectivity index (χ0) is 8.55. The first-order valence-corrected chi connectivity index (χ1v) is 3.74. The van der Waals surface area contributed by atoms with Crippen molar-refractivity contribution in [2.24, 2.45) is 0 Å². The summed E-state index contributed by atoms with van der Waals surface area (Å²) in [7, 11) is 0. The van der Waals surface area contributed by atoms with Gasteiger partial charge in [-0.1, -0.05) is 12.6 Å². The molecule has 0 saturated heterocycles. The van der Waals surface area contributed by atoms with Gasteiger partial charge in [0.2, 0.25) is 5.71 Å². The normalized spacial score (nSPS) is 14.7. The highest BCUT2D eigenvalue weighted by molar-refractivity contribution is 6.28. The van der Waals surface area contributed by atoms with Crippen LogP contribution >= 0.6 is 0 Å². The number of allylic oxidation sites excluding steroid dienone is 2. The zero-order valence-electron chi connectivity index (χ0n) is 6.62. The lowest BCUT2D eigenvalue weighted by Crippen LogP contribution is -2.39. The SMILES string of the molecule is C=C1C(=[NH2+])C=Cc2ncccc21. The van der Waals surface area contributed by atoms with Crippen molar-refractivity contribution in [2.45, 2.75) is 0 Å². The molecule has 0 saturated carbocycles. The number of aromatic nitrogens is 1. The second-order valence-corrected chi connectivity index (χ2v) is 2.70. The zero-order valence-corrected chi connectivity index (χ0v) is 6.62. The highest BCUT2D eigenvalue weighted by Gasteiger charge is 2.15. The number of pyridine rings is 1. The van der Waals surface area contributed by atoms with Crippen LogP contribution in [0.3, 0.4) is 0 Å². The number of nitrogens with two attached hydrogens (primary N) is 1. The first-order chi connectivity index (χ1) is 5.79. The average Bonchev–Trinajstić information content (AvgIpc) is 2.12. The molecule has 0 amide bonds. The summed E-state index contributed by atoms with van der Waals surface area (Å²) in [6, 6.07) is 3.86. The van der Waals surface area contributed by atoms with E-state index in [1.165, 1.54) is 0 Å². The molecule has 0 aromatic carbocycles. The Labute approximate surface area is 70.8 Å². The van der Waals surface area contributed by atoms with Crippen LogP contribution in [0, 0.1) is 0 Å². The lowest BCUT2D eigenvalue weighted by molar-refractivity contribution is -0.109. The fourth-order valence-electron chi connectivity index (χ4n) is 1.23. The monoisotopic (exact) mass is 157 g/mol. The van der Waals surface area contributed by atoms with E-state index in [0.29, 0.717) is 0 Å². The van der Waals surface area contributed by atoms with Gasteiger partial charge in [0.1, 0.15) is 0 Å². The second-order valence-electron chi connectivity index (χ2n) is 2.70. The van der Waals surface area contributed by atoms with Gasteiger partial charge < -0.3 is 0 Å². The van der Waals surface area contributed by atoms with Crippen LogP contribution in [0.2, 0.25) is 0 Å². The summed E-state index contributed by atoms with van der Waals surface area (Å²) in [4.78, 5) is 4.19. The van der Waals surface area contributed by atoms with Crippen LogP contribution in [-0.4, -0.2) is 10.7 Å². The van der Waals surface area contributed by atoms with Crippen LogP contribution in [0.4, 0.5) is 0 Å². The first kappa shape index (κ1) is 6.98. The van der Waals surface area contributed by atoms with Gasteiger partial charge in [-0.05, 0) is 12.1 Å². The van der Waals surface area contributed by atoms with E-state index in [9.17, 15) is 0 Å². The van der Waals surface area contributed by atoms with Crippen molar-refractivity contribution in [3.05, 3.63) is 42.2 Å². The summed E-state index contributed by atoms with van der Waals surface area (Å²) in [5, 5.41) is 5.70. The van der Waals surface area contributed by atoms with Crippen molar-refractivity contribution in [3.63, 3.8) is 0 Å². The Bertz CT molecular complexity index is 389. The van der Waals surface area contributed by atoms with Gasteiger partial charge in [-0.2, -0.15) is 0 Å². The molecule has 1 heterocycles. The number of hydrogen-bond acceptors (Lipinski definition) is 1. The third kappa shape index (κ3) is 0.889. The molecule has 2 N–H and O–H groups in total. The molecule has 1 aliphatic carbocycles. The maximum absolute atomic E-state index is 5.70. The van der Waals surface area contributed by atoms with Crippen molar-refractivity contribution < 1.29 is 5.41 Å². The van der Waals surface area contributed by atoms with Gasteiger partial charge in [0.15, 0.2) is 0 Å². The van der Waals surface area contributed by atoms with Gasteiger partial charge in [0.25, 0.3) is 0 Å². The van der Waals surface area contributed by atoms with E-state index in [1.54, 1.807) is 6.20 Å². The van der Waals surface area contributed by atoms with Crippen LogP contribution in [0.5, 0.6) is 0 Å². The molecule has 2 rings (SSSR count). The molecule has 1 aliphatic rings. The fraction of sp³-hybridized carbons (Fsp3) is 0. The number of fused-ring (bicyclic) bond motifs is 1. The predicted molar refractivity (Wildman–Crippen MR) is 49.2 cm³/mol. The van der Waals surface area contributed by atoms with Crippen molar-refractivity contribution in [1.29, 1.82) is 0 Å². The van der Waals surface area contributed by atoms with Crippen LogP contribution in [0.15, 0.2) is 31.0 Å². The fourth-order valence-corrected chi connectivity index (χ4v) is 1.23. The quantitative estimate of drug-likeness (QED) is 0.578. The summed E-state index contributed by atoms with van der Waals surface area (Å²) < 4.78 is 0. The lowest BCUT2D eigenvalue weighted by Gasteiger charge is -2.08. The van der Waals surface area contributed by atoms with E-state index in [1.807, 2.05) is 24.3 Å². The maximum Gasteiger partial charge on any atom is 0.204 e. The number of hydrogen-bond donors (Lipinski definition) is 1. The first-order valence-electron chi connectivity index (χ1n) is 3.74. The Balaban J connectivity index is 2.67. The Morgan fingerprint density at radius 2 is 2.17 bits per heavy atom. The Morgan fingerprint density at radius 3 is 3.00 bits per heavy atom. The molecule has 2 nitrogen and oxygen atoms in total. The minimum absolute atomic E-state index is 0.718. The molecule has 0 unspecified atom stereocenters. The topological polar surface area (TPSA) is 38.5 Å². The third-order valence-electron chi connectivity index (χ3n) is 1.93. The summed E-state index contributed by atoms with van der Waals surface area (Å²) in [5.74, 6) is 0.